The van der Waals surface area contributed by atoms with Crippen molar-refractivity contribution in [2.24, 2.45) is 0 Å². The maximum absolute atomic E-state index is 12.0. The average molecular weight is 288 g/mol. The van der Waals surface area contributed by atoms with Crippen molar-refractivity contribution in [3.8, 4) is 0 Å². The zero-order valence-corrected chi connectivity index (χ0v) is 11.8. The third-order valence-corrected chi connectivity index (χ3v) is 2.88. The zero-order chi connectivity index (χ0) is 15.4. The summed E-state index contributed by atoms with van der Waals surface area (Å²) in [5.41, 5.74) is 1.06. The van der Waals surface area contributed by atoms with E-state index in [9.17, 15) is 9.59 Å². The van der Waals surface area contributed by atoms with Crippen molar-refractivity contribution in [1.29, 1.82) is 0 Å². The van der Waals surface area contributed by atoms with E-state index >= 15 is 0 Å². The lowest BCUT2D eigenvalue weighted by Gasteiger charge is -2.07. The van der Waals surface area contributed by atoms with Crippen molar-refractivity contribution in [1.82, 2.24) is 15.2 Å². The molecule has 0 bridgehead atoms. The number of amides is 1. The van der Waals surface area contributed by atoms with E-state index in [1.54, 1.807) is 19.1 Å². The molecule has 0 fully saturated rings. The second-order valence-corrected chi connectivity index (χ2v) is 4.66. The Bertz CT molecular complexity index is 679. The molecule has 1 amide bonds. The summed E-state index contributed by atoms with van der Waals surface area (Å²) in [6, 6.07) is 4.78. The van der Waals surface area contributed by atoms with Crippen LogP contribution in [0.15, 0.2) is 18.2 Å². The van der Waals surface area contributed by atoms with E-state index in [1.807, 2.05) is 6.92 Å². The van der Waals surface area contributed by atoms with Crippen LogP contribution in [0, 0.1) is 6.92 Å². The molecule has 3 N–H and O–H groups in total. The molecule has 7 heteroatoms. The molecule has 0 saturated carbocycles. The summed E-state index contributed by atoms with van der Waals surface area (Å²) in [4.78, 5) is 27.3. The molecular weight excluding hydrogens is 272 g/mol. The number of aromatic nitrogens is 3. The highest BCUT2D eigenvalue weighted by Gasteiger charge is 2.16. The number of rotatable bonds is 5. The number of carboxylic acid groups (broad SMARTS) is 1. The van der Waals surface area contributed by atoms with E-state index in [0.717, 1.165) is 12.0 Å². The van der Waals surface area contributed by atoms with Crippen molar-refractivity contribution >= 4 is 17.6 Å². The van der Waals surface area contributed by atoms with Gasteiger partial charge in [-0.05, 0) is 25.5 Å². The van der Waals surface area contributed by atoms with E-state index in [-0.39, 0.29) is 17.1 Å². The second kappa shape index (κ2) is 6.17. The van der Waals surface area contributed by atoms with Crippen LogP contribution in [0.5, 0.6) is 0 Å². The highest BCUT2D eigenvalue weighted by molar-refractivity contribution is 6.05. The molecule has 0 unspecified atom stereocenters. The van der Waals surface area contributed by atoms with Gasteiger partial charge >= 0.3 is 5.97 Å². The van der Waals surface area contributed by atoms with Crippen LogP contribution in [0.1, 0.15) is 45.7 Å². The van der Waals surface area contributed by atoms with E-state index < -0.39 is 11.9 Å². The Hall–Kier alpha value is -2.70. The van der Waals surface area contributed by atoms with Crippen LogP contribution in [0.2, 0.25) is 0 Å². The van der Waals surface area contributed by atoms with E-state index in [0.29, 0.717) is 12.2 Å². The molecule has 1 aromatic heterocycles. The lowest BCUT2D eigenvalue weighted by molar-refractivity contribution is 0.0698. The normalized spacial score (nSPS) is 10.4. The fourth-order valence-corrected chi connectivity index (χ4v) is 1.87. The van der Waals surface area contributed by atoms with Crippen LogP contribution in [0.4, 0.5) is 5.69 Å². The number of benzene rings is 1. The van der Waals surface area contributed by atoms with Crippen molar-refractivity contribution in [3.63, 3.8) is 0 Å². The minimum atomic E-state index is -1.10. The highest BCUT2D eigenvalue weighted by Crippen LogP contribution is 2.18. The van der Waals surface area contributed by atoms with Crippen molar-refractivity contribution in [2.45, 2.75) is 26.7 Å². The first-order valence-electron chi connectivity index (χ1n) is 6.57. The Morgan fingerprint density at radius 3 is 2.81 bits per heavy atom. The van der Waals surface area contributed by atoms with Crippen LogP contribution < -0.4 is 5.32 Å². The number of aryl methyl sites for hydroxylation is 2. The quantitative estimate of drug-likeness (QED) is 0.780. The predicted molar refractivity (Wildman–Crippen MR) is 76.5 cm³/mol. The molecule has 0 saturated heterocycles. The van der Waals surface area contributed by atoms with E-state index in [2.05, 4.69) is 20.5 Å². The number of carbonyl (C=O) groups excluding carboxylic acids is 1. The summed E-state index contributed by atoms with van der Waals surface area (Å²) in [6.45, 7) is 3.78. The van der Waals surface area contributed by atoms with Gasteiger partial charge in [0.2, 0.25) is 5.82 Å². The van der Waals surface area contributed by atoms with Gasteiger partial charge in [0.05, 0.1) is 11.3 Å². The van der Waals surface area contributed by atoms with Crippen LogP contribution in [0.25, 0.3) is 0 Å². The molecule has 1 heterocycles. The number of hydrogen-bond acceptors (Lipinski definition) is 4. The van der Waals surface area contributed by atoms with Crippen LogP contribution >= 0.6 is 0 Å². The standard InChI is InChI=1S/C14H16N4O3/c1-3-4-11-16-12(18-17-11)13(19)15-10-6-5-8(2)7-9(10)14(20)21/h5-7H,3-4H2,1-2H3,(H,15,19)(H,20,21)(H,16,17,18). The first-order valence-corrected chi connectivity index (χ1v) is 6.57. The number of aromatic carboxylic acids is 1. The first kappa shape index (κ1) is 14.7. The molecule has 0 atom stereocenters. The smallest absolute Gasteiger partial charge is 0.337 e. The number of aromatic amines is 1. The molecule has 1 aromatic carbocycles. The fourth-order valence-electron chi connectivity index (χ4n) is 1.87. The summed E-state index contributed by atoms with van der Waals surface area (Å²) in [7, 11) is 0. The van der Waals surface area contributed by atoms with Gasteiger partial charge < -0.3 is 10.4 Å². The summed E-state index contributed by atoms with van der Waals surface area (Å²) in [6.07, 6.45) is 1.59. The van der Waals surface area contributed by atoms with Crippen LogP contribution in [-0.4, -0.2) is 32.2 Å². The van der Waals surface area contributed by atoms with Crippen molar-refractivity contribution in [3.05, 3.63) is 41.0 Å². The molecule has 0 radical (unpaired) electrons. The maximum Gasteiger partial charge on any atom is 0.337 e. The molecule has 0 aliphatic carbocycles. The molecule has 0 aliphatic rings. The average Bonchev–Trinajstić information content (AvgIpc) is 2.89. The predicted octanol–water partition coefficient (Wildman–Crippen LogP) is 2.02. The number of carboxylic acids is 1. The van der Waals surface area contributed by atoms with E-state index in [1.165, 1.54) is 6.07 Å². The topological polar surface area (TPSA) is 108 Å². The van der Waals surface area contributed by atoms with Gasteiger partial charge in [0.25, 0.3) is 5.91 Å². The molecular formula is C14H16N4O3. The Morgan fingerprint density at radius 2 is 2.14 bits per heavy atom. The molecule has 21 heavy (non-hydrogen) atoms. The Labute approximate surface area is 121 Å². The summed E-state index contributed by atoms with van der Waals surface area (Å²) in [5.74, 6) is -1.02. The van der Waals surface area contributed by atoms with Gasteiger partial charge in [0.15, 0.2) is 0 Å². The van der Waals surface area contributed by atoms with Gasteiger partial charge in [-0.2, -0.15) is 0 Å². The SMILES string of the molecule is CCCc1nc(C(=O)Nc2ccc(C)cc2C(=O)O)n[nH]1. The minimum absolute atomic E-state index is 0.00429. The maximum atomic E-state index is 12.0. The van der Waals surface area contributed by atoms with Gasteiger partial charge in [0.1, 0.15) is 5.82 Å². The highest BCUT2D eigenvalue weighted by atomic mass is 16.4. The van der Waals surface area contributed by atoms with Gasteiger partial charge in [-0.3, -0.25) is 9.89 Å². The molecule has 7 nitrogen and oxygen atoms in total. The molecule has 2 aromatic rings. The Morgan fingerprint density at radius 1 is 1.38 bits per heavy atom. The number of nitrogens with zero attached hydrogens (tertiary/aromatic N) is 2. The third-order valence-electron chi connectivity index (χ3n) is 2.88. The summed E-state index contributed by atoms with van der Waals surface area (Å²) >= 11 is 0. The third kappa shape index (κ3) is 3.44. The van der Waals surface area contributed by atoms with Crippen LogP contribution in [-0.2, 0) is 6.42 Å². The van der Waals surface area contributed by atoms with Crippen LogP contribution in [0.3, 0.4) is 0 Å². The lowest BCUT2D eigenvalue weighted by Crippen LogP contribution is -2.16. The van der Waals surface area contributed by atoms with E-state index in [4.69, 9.17) is 5.11 Å². The number of anilines is 1. The minimum Gasteiger partial charge on any atom is -0.478 e. The second-order valence-electron chi connectivity index (χ2n) is 4.66. The fraction of sp³-hybridized carbons (Fsp3) is 0.286. The molecule has 0 aliphatic heterocycles. The number of carbonyl (C=O) groups is 2. The number of nitrogens with one attached hydrogen (secondary N) is 2. The lowest BCUT2D eigenvalue weighted by atomic mass is 10.1. The zero-order valence-electron chi connectivity index (χ0n) is 11.8. The Balaban J connectivity index is 2.20. The number of hydrogen-bond donors (Lipinski definition) is 3. The molecule has 2 rings (SSSR count). The molecule has 0 spiro atoms. The monoisotopic (exact) mass is 288 g/mol. The van der Waals surface area contributed by atoms with Gasteiger partial charge in [-0.25, -0.2) is 9.78 Å². The summed E-state index contributed by atoms with van der Waals surface area (Å²) < 4.78 is 0. The van der Waals surface area contributed by atoms with Gasteiger partial charge in [0, 0.05) is 6.42 Å². The summed E-state index contributed by atoms with van der Waals surface area (Å²) in [5, 5.41) is 18.2. The Kier molecular flexibility index (Phi) is 4.32. The van der Waals surface area contributed by atoms with Crippen molar-refractivity contribution in [2.75, 3.05) is 5.32 Å². The molecule has 110 valence electrons. The van der Waals surface area contributed by atoms with Gasteiger partial charge in [-0.1, -0.05) is 18.6 Å². The van der Waals surface area contributed by atoms with Gasteiger partial charge in [-0.15, -0.1) is 5.10 Å². The van der Waals surface area contributed by atoms with Crippen molar-refractivity contribution < 1.29 is 14.7 Å². The number of H-pyrrole nitrogens is 1. The largest absolute Gasteiger partial charge is 0.478 e. The first-order chi connectivity index (χ1) is 10.0.